The quantitative estimate of drug-likeness (QED) is 0.583. The van der Waals surface area contributed by atoms with Crippen molar-refractivity contribution in [2.24, 2.45) is 0 Å². The van der Waals surface area contributed by atoms with Crippen molar-refractivity contribution < 1.29 is 17.7 Å². The van der Waals surface area contributed by atoms with Crippen LogP contribution >= 0.6 is 19.7 Å². The van der Waals surface area contributed by atoms with Crippen LogP contribution in [0.5, 0.6) is 11.5 Å². The Labute approximate surface area is 148 Å². The fourth-order valence-corrected chi connectivity index (χ4v) is 3.67. The van der Waals surface area contributed by atoms with E-state index in [9.17, 15) is 4.57 Å². The summed E-state index contributed by atoms with van der Waals surface area (Å²) in [4.78, 5) is 0. The molecule has 0 spiro atoms. The van der Waals surface area contributed by atoms with E-state index in [1.54, 1.807) is 0 Å². The number of rotatable bonds is 5. The highest BCUT2D eigenvalue weighted by atomic mass is 35.5. The number of benzene rings is 2. The monoisotopic (exact) mass is 368 g/mol. The molecular formula is C18H22ClO4P. The van der Waals surface area contributed by atoms with Gasteiger partial charge in [-0.25, -0.2) is 4.57 Å². The van der Waals surface area contributed by atoms with Crippen LogP contribution < -0.4 is 9.05 Å². The van der Waals surface area contributed by atoms with Crippen molar-refractivity contribution in [2.45, 2.75) is 41.5 Å². The van der Waals surface area contributed by atoms with Crippen LogP contribution in [0, 0.1) is 41.5 Å². The first-order valence-electron chi connectivity index (χ1n) is 7.61. The maximum Gasteiger partial charge on any atom is 0.604 e. The molecule has 0 atom stereocenters. The standard InChI is InChI=1S/C18H22ClO4P/c1-11-7-9-13(3)17(15(11)5)21-24(20,23-19)22-18-14(4)10-8-12(2)16(18)6/h7-10H,1-6H3. The number of aryl methyl sites for hydroxylation is 4. The highest BCUT2D eigenvalue weighted by Crippen LogP contribution is 2.53. The molecule has 0 radical (unpaired) electrons. The van der Waals surface area contributed by atoms with Crippen LogP contribution in [0.4, 0.5) is 0 Å². The summed E-state index contributed by atoms with van der Waals surface area (Å²) in [7, 11) is -4.03. The van der Waals surface area contributed by atoms with Crippen molar-refractivity contribution in [3.05, 3.63) is 57.6 Å². The lowest BCUT2D eigenvalue weighted by Crippen LogP contribution is -2.06. The predicted molar refractivity (Wildman–Crippen MR) is 97.1 cm³/mol. The van der Waals surface area contributed by atoms with Gasteiger partial charge in [-0.3, -0.25) is 0 Å². The minimum atomic E-state index is -4.03. The van der Waals surface area contributed by atoms with Crippen LogP contribution in [0.3, 0.4) is 0 Å². The van der Waals surface area contributed by atoms with Crippen LogP contribution in [0.15, 0.2) is 24.3 Å². The molecule has 0 saturated heterocycles. The average Bonchev–Trinajstić information content (AvgIpc) is 2.56. The average molecular weight is 369 g/mol. The number of phosphoric acid groups is 1. The Hall–Kier alpha value is -1.48. The second kappa shape index (κ2) is 7.18. The first-order chi connectivity index (χ1) is 11.2. The van der Waals surface area contributed by atoms with Crippen molar-refractivity contribution in [3.63, 3.8) is 0 Å². The normalized spacial score (nSPS) is 11.5. The highest BCUT2D eigenvalue weighted by Gasteiger charge is 2.33. The molecule has 0 N–H and O–H groups in total. The maximum absolute atomic E-state index is 13.0. The third-order valence-electron chi connectivity index (χ3n) is 4.24. The van der Waals surface area contributed by atoms with Crippen molar-refractivity contribution in [2.75, 3.05) is 0 Å². The van der Waals surface area contributed by atoms with E-state index in [0.717, 1.165) is 33.4 Å². The molecule has 4 nitrogen and oxygen atoms in total. The van der Waals surface area contributed by atoms with Crippen molar-refractivity contribution in [1.82, 2.24) is 0 Å². The number of hydrogen-bond acceptors (Lipinski definition) is 4. The van der Waals surface area contributed by atoms with Gasteiger partial charge < -0.3 is 9.05 Å². The first-order valence-corrected chi connectivity index (χ1v) is 9.38. The molecule has 24 heavy (non-hydrogen) atoms. The van der Waals surface area contributed by atoms with E-state index in [1.807, 2.05) is 65.8 Å². The van der Waals surface area contributed by atoms with E-state index in [1.165, 1.54) is 0 Å². The van der Waals surface area contributed by atoms with E-state index in [-0.39, 0.29) is 0 Å². The van der Waals surface area contributed by atoms with Crippen LogP contribution in [0.25, 0.3) is 0 Å². The van der Waals surface area contributed by atoms with Gasteiger partial charge in [-0.1, -0.05) is 24.3 Å². The molecule has 0 unspecified atom stereocenters. The molecule has 2 aromatic carbocycles. The second-order valence-corrected chi connectivity index (χ2v) is 7.82. The lowest BCUT2D eigenvalue weighted by molar-refractivity contribution is 0.305. The molecule has 2 rings (SSSR count). The highest BCUT2D eigenvalue weighted by molar-refractivity contribution is 7.50. The Kier molecular flexibility index (Phi) is 5.64. The molecular weight excluding hydrogens is 347 g/mol. The lowest BCUT2D eigenvalue weighted by Gasteiger charge is -2.21. The summed E-state index contributed by atoms with van der Waals surface area (Å²) in [5.74, 6) is 0.920. The van der Waals surface area contributed by atoms with E-state index in [0.29, 0.717) is 11.5 Å². The molecule has 130 valence electrons. The van der Waals surface area contributed by atoms with Crippen LogP contribution in [0.1, 0.15) is 33.4 Å². The third-order valence-corrected chi connectivity index (χ3v) is 5.73. The Morgan fingerprint density at radius 2 is 1.04 bits per heavy atom. The minimum Gasteiger partial charge on any atom is -0.394 e. The van der Waals surface area contributed by atoms with Crippen LogP contribution in [-0.2, 0) is 8.64 Å². The summed E-state index contributed by atoms with van der Waals surface area (Å²) in [5, 5.41) is 0. The van der Waals surface area contributed by atoms with Crippen LogP contribution in [-0.4, -0.2) is 0 Å². The molecule has 0 bridgehead atoms. The Balaban J connectivity index is 2.43. The van der Waals surface area contributed by atoms with Crippen molar-refractivity contribution in [1.29, 1.82) is 0 Å². The van der Waals surface area contributed by atoms with Gasteiger partial charge in [0.1, 0.15) is 11.5 Å². The number of phosphoric ester groups is 1. The summed E-state index contributed by atoms with van der Waals surface area (Å²) in [6.07, 6.45) is 0. The SMILES string of the molecule is Cc1ccc(C)c(OP(=O)(OCl)Oc2c(C)ccc(C)c2C)c1C. The van der Waals surface area contributed by atoms with Gasteiger partial charge in [0.15, 0.2) is 0 Å². The molecule has 0 aromatic heterocycles. The molecule has 0 aliphatic rings. The summed E-state index contributed by atoms with van der Waals surface area (Å²) in [6, 6.07) is 7.72. The Morgan fingerprint density at radius 1 is 0.708 bits per heavy atom. The van der Waals surface area contributed by atoms with Crippen LogP contribution in [0.2, 0.25) is 0 Å². The molecule has 0 amide bonds. The second-order valence-electron chi connectivity index (χ2n) is 6.01. The summed E-state index contributed by atoms with van der Waals surface area (Å²) < 4.78 is 28.8. The fourth-order valence-electron chi connectivity index (χ4n) is 2.40. The number of hydrogen-bond donors (Lipinski definition) is 0. The topological polar surface area (TPSA) is 44.8 Å². The lowest BCUT2D eigenvalue weighted by atomic mass is 10.1. The maximum atomic E-state index is 13.0. The zero-order valence-corrected chi connectivity index (χ0v) is 16.4. The third kappa shape index (κ3) is 3.77. The van der Waals surface area contributed by atoms with Crippen molar-refractivity contribution >= 4 is 19.7 Å². The van der Waals surface area contributed by atoms with E-state index < -0.39 is 7.82 Å². The van der Waals surface area contributed by atoms with E-state index >= 15 is 0 Å². The molecule has 0 saturated carbocycles. The summed E-state index contributed by atoms with van der Waals surface area (Å²) in [6.45, 7) is 11.4. The van der Waals surface area contributed by atoms with Gasteiger partial charge in [0.05, 0.1) is 11.9 Å². The fraction of sp³-hybridized carbons (Fsp3) is 0.333. The van der Waals surface area contributed by atoms with E-state index in [4.69, 9.17) is 20.9 Å². The summed E-state index contributed by atoms with van der Waals surface area (Å²) >= 11 is 5.48. The molecule has 0 aliphatic heterocycles. The molecule has 0 heterocycles. The van der Waals surface area contributed by atoms with E-state index in [2.05, 4.69) is 4.08 Å². The first kappa shape index (κ1) is 18.9. The molecule has 0 fully saturated rings. The minimum absolute atomic E-state index is 0.460. The van der Waals surface area contributed by atoms with Gasteiger partial charge in [0.2, 0.25) is 0 Å². The van der Waals surface area contributed by atoms with Crippen molar-refractivity contribution in [3.8, 4) is 11.5 Å². The largest absolute Gasteiger partial charge is 0.604 e. The van der Waals surface area contributed by atoms with Gasteiger partial charge in [-0.15, -0.1) is 0 Å². The van der Waals surface area contributed by atoms with Gasteiger partial charge in [-0.05, 0) is 74.9 Å². The smallest absolute Gasteiger partial charge is 0.394 e. The molecule has 2 aromatic rings. The molecule has 6 heteroatoms. The Bertz CT molecular complexity index is 754. The zero-order chi connectivity index (χ0) is 18.1. The zero-order valence-electron chi connectivity index (χ0n) is 14.8. The van der Waals surface area contributed by atoms with Gasteiger partial charge >= 0.3 is 7.82 Å². The summed E-state index contributed by atoms with van der Waals surface area (Å²) in [5.41, 5.74) is 5.41. The predicted octanol–water partition coefficient (Wildman–Crippen LogP) is 6.27. The van der Waals surface area contributed by atoms with Gasteiger partial charge in [0.25, 0.3) is 0 Å². The van der Waals surface area contributed by atoms with Gasteiger partial charge in [0, 0.05) is 0 Å². The number of halogens is 1. The molecule has 0 aliphatic carbocycles. The Morgan fingerprint density at radius 3 is 1.38 bits per heavy atom. The van der Waals surface area contributed by atoms with Gasteiger partial charge in [-0.2, -0.15) is 4.08 Å².